The summed E-state index contributed by atoms with van der Waals surface area (Å²) in [5, 5.41) is 0. The lowest BCUT2D eigenvalue weighted by atomic mass is 9.96. The summed E-state index contributed by atoms with van der Waals surface area (Å²) in [6.45, 7) is 12.5. The van der Waals surface area contributed by atoms with E-state index in [2.05, 4.69) is 23.6 Å². The highest BCUT2D eigenvalue weighted by Crippen LogP contribution is 2.22. The van der Waals surface area contributed by atoms with Crippen molar-refractivity contribution in [2.45, 2.75) is 65.8 Å². The van der Waals surface area contributed by atoms with Crippen molar-refractivity contribution < 1.29 is 4.79 Å². The van der Waals surface area contributed by atoms with Gasteiger partial charge in [-0.05, 0) is 44.7 Å². The smallest absolute Gasteiger partial charge is 0.239 e. The molecule has 2 aliphatic rings. The van der Waals surface area contributed by atoms with Crippen molar-refractivity contribution in [3.05, 3.63) is 0 Å². The molecular formula is C16H32N2O. The summed E-state index contributed by atoms with van der Waals surface area (Å²) < 4.78 is 0. The number of carbonyl (C=O) groups is 1. The van der Waals surface area contributed by atoms with Crippen LogP contribution in [-0.2, 0) is 4.79 Å². The van der Waals surface area contributed by atoms with Crippen molar-refractivity contribution >= 4 is 5.91 Å². The molecule has 0 saturated carbocycles. The monoisotopic (exact) mass is 268 g/mol. The highest BCUT2D eigenvalue weighted by atomic mass is 16.2. The minimum absolute atomic E-state index is 0.183. The molecule has 0 aliphatic carbocycles. The van der Waals surface area contributed by atoms with Crippen LogP contribution in [0.5, 0.6) is 0 Å². The fraction of sp³-hybridized carbons (Fsp3) is 0.938. The molecule has 1 amide bonds. The first kappa shape index (κ1) is 16.5. The van der Waals surface area contributed by atoms with Gasteiger partial charge in [-0.15, -0.1) is 0 Å². The Morgan fingerprint density at radius 3 is 2.26 bits per heavy atom. The van der Waals surface area contributed by atoms with E-state index in [0.717, 1.165) is 38.5 Å². The molecule has 2 fully saturated rings. The number of carbonyl (C=O) groups excluding carboxylic acids is 1. The second kappa shape index (κ2) is 8.57. The maximum absolute atomic E-state index is 12.5. The maximum Gasteiger partial charge on any atom is 0.239 e. The first-order valence-electron chi connectivity index (χ1n) is 8.25. The van der Waals surface area contributed by atoms with E-state index in [1.54, 1.807) is 0 Å². The summed E-state index contributed by atoms with van der Waals surface area (Å²) in [6, 6.07) is 0.183. The number of hydrogen-bond acceptors (Lipinski definition) is 2. The standard InChI is InChI=1S/C14H26N2O.C2H6/c1-3-15-9-5-4-6-13(15)14(17)16-10-7-12(2)8-11-16;1-2/h12-13H,3-11H2,1-2H3;1-2H3. The van der Waals surface area contributed by atoms with Crippen molar-refractivity contribution in [3.63, 3.8) is 0 Å². The maximum atomic E-state index is 12.5. The quantitative estimate of drug-likeness (QED) is 0.768. The van der Waals surface area contributed by atoms with Crippen molar-refractivity contribution in [1.29, 1.82) is 0 Å². The van der Waals surface area contributed by atoms with Crippen LogP contribution in [0.4, 0.5) is 0 Å². The minimum Gasteiger partial charge on any atom is -0.341 e. The van der Waals surface area contributed by atoms with Gasteiger partial charge in [-0.25, -0.2) is 0 Å². The van der Waals surface area contributed by atoms with Crippen molar-refractivity contribution in [2.24, 2.45) is 5.92 Å². The van der Waals surface area contributed by atoms with Gasteiger partial charge in [0.15, 0.2) is 0 Å². The molecule has 19 heavy (non-hydrogen) atoms. The molecule has 3 nitrogen and oxygen atoms in total. The lowest BCUT2D eigenvalue weighted by Gasteiger charge is -2.39. The van der Waals surface area contributed by atoms with Crippen molar-refractivity contribution in [1.82, 2.24) is 9.80 Å². The molecule has 0 bridgehead atoms. The zero-order valence-electron chi connectivity index (χ0n) is 13.3. The average molecular weight is 268 g/mol. The number of piperidine rings is 2. The van der Waals surface area contributed by atoms with Gasteiger partial charge in [-0.1, -0.05) is 34.1 Å². The molecule has 2 saturated heterocycles. The van der Waals surface area contributed by atoms with Gasteiger partial charge in [-0.3, -0.25) is 9.69 Å². The van der Waals surface area contributed by atoms with Crippen LogP contribution in [0.3, 0.4) is 0 Å². The number of nitrogens with zero attached hydrogens (tertiary/aromatic N) is 2. The second-order valence-corrected chi connectivity index (χ2v) is 5.65. The van der Waals surface area contributed by atoms with E-state index in [1.165, 1.54) is 25.7 Å². The summed E-state index contributed by atoms with van der Waals surface area (Å²) >= 11 is 0. The summed E-state index contributed by atoms with van der Waals surface area (Å²) in [6.07, 6.45) is 5.92. The van der Waals surface area contributed by atoms with Gasteiger partial charge in [0, 0.05) is 13.1 Å². The SMILES string of the molecule is CC.CCN1CCCCC1C(=O)N1CCC(C)CC1. The zero-order chi connectivity index (χ0) is 14.3. The van der Waals surface area contributed by atoms with Gasteiger partial charge in [-0.2, -0.15) is 0 Å². The molecule has 2 heterocycles. The Morgan fingerprint density at radius 1 is 1.05 bits per heavy atom. The Hall–Kier alpha value is -0.570. The van der Waals surface area contributed by atoms with Gasteiger partial charge in [0.05, 0.1) is 6.04 Å². The largest absolute Gasteiger partial charge is 0.341 e. The molecule has 2 rings (SSSR count). The lowest BCUT2D eigenvalue weighted by Crippen LogP contribution is -2.52. The van der Waals surface area contributed by atoms with Gasteiger partial charge < -0.3 is 4.90 Å². The van der Waals surface area contributed by atoms with E-state index in [4.69, 9.17) is 0 Å². The van der Waals surface area contributed by atoms with E-state index < -0.39 is 0 Å². The highest BCUT2D eigenvalue weighted by molar-refractivity contribution is 5.82. The summed E-state index contributed by atoms with van der Waals surface area (Å²) in [5.41, 5.74) is 0. The van der Waals surface area contributed by atoms with Crippen molar-refractivity contribution in [2.75, 3.05) is 26.2 Å². The van der Waals surface area contributed by atoms with E-state index >= 15 is 0 Å². The molecule has 3 heteroatoms. The summed E-state index contributed by atoms with van der Waals surface area (Å²) in [7, 11) is 0. The fourth-order valence-electron chi connectivity index (χ4n) is 3.09. The molecular weight excluding hydrogens is 236 g/mol. The van der Waals surface area contributed by atoms with E-state index in [9.17, 15) is 4.79 Å². The first-order valence-corrected chi connectivity index (χ1v) is 8.25. The van der Waals surface area contributed by atoms with Crippen LogP contribution >= 0.6 is 0 Å². The van der Waals surface area contributed by atoms with Gasteiger partial charge >= 0.3 is 0 Å². The minimum atomic E-state index is 0.183. The van der Waals surface area contributed by atoms with Crippen LogP contribution < -0.4 is 0 Å². The Labute approximate surface area is 119 Å². The van der Waals surface area contributed by atoms with Crippen LogP contribution in [0, 0.1) is 5.92 Å². The molecule has 0 N–H and O–H groups in total. The Morgan fingerprint density at radius 2 is 1.68 bits per heavy atom. The molecule has 0 radical (unpaired) electrons. The van der Waals surface area contributed by atoms with Crippen LogP contribution in [0.2, 0.25) is 0 Å². The third-order valence-corrected chi connectivity index (χ3v) is 4.40. The molecule has 1 atom stereocenters. The lowest BCUT2D eigenvalue weighted by molar-refractivity contribution is -0.139. The van der Waals surface area contributed by atoms with Gasteiger partial charge in [0.1, 0.15) is 0 Å². The van der Waals surface area contributed by atoms with E-state index in [1.807, 2.05) is 13.8 Å². The fourth-order valence-corrected chi connectivity index (χ4v) is 3.09. The summed E-state index contributed by atoms with van der Waals surface area (Å²) in [4.78, 5) is 17.0. The topological polar surface area (TPSA) is 23.6 Å². The third-order valence-electron chi connectivity index (χ3n) is 4.40. The molecule has 0 spiro atoms. The number of likely N-dealkylation sites (N-methyl/N-ethyl adjacent to an activating group) is 1. The average Bonchev–Trinajstić information content (AvgIpc) is 2.49. The predicted molar refractivity (Wildman–Crippen MR) is 81.2 cm³/mol. The van der Waals surface area contributed by atoms with E-state index in [0.29, 0.717) is 5.91 Å². The zero-order valence-corrected chi connectivity index (χ0v) is 13.3. The summed E-state index contributed by atoms with van der Waals surface area (Å²) in [5.74, 6) is 1.20. The van der Waals surface area contributed by atoms with Crippen LogP contribution in [0.15, 0.2) is 0 Å². The molecule has 1 unspecified atom stereocenters. The Kier molecular flexibility index (Phi) is 7.44. The molecule has 112 valence electrons. The van der Waals surface area contributed by atoms with Gasteiger partial charge in [0.2, 0.25) is 5.91 Å². The molecule has 0 aromatic carbocycles. The Bertz CT molecular complexity index is 259. The number of likely N-dealkylation sites (tertiary alicyclic amines) is 2. The second-order valence-electron chi connectivity index (χ2n) is 5.65. The Balaban J connectivity index is 0.000000861. The molecule has 0 aromatic rings. The van der Waals surface area contributed by atoms with Crippen LogP contribution in [0.1, 0.15) is 59.8 Å². The molecule has 0 aromatic heterocycles. The van der Waals surface area contributed by atoms with Crippen LogP contribution in [-0.4, -0.2) is 47.9 Å². The predicted octanol–water partition coefficient (Wildman–Crippen LogP) is 3.15. The number of hydrogen-bond donors (Lipinski definition) is 0. The van der Waals surface area contributed by atoms with E-state index in [-0.39, 0.29) is 6.04 Å². The highest BCUT2D eigenvalue weighted by Gasteiger charge is 2.32. The number of rotatable bonds is 2. The first-order chi connectivity index (χ1) is 9.22. The third kappa shape index (κ3) is 4.48. The molecule has 2 aliphatic heterocycles. The van der Waals surface area contributed by atoms with Crippen LogP contribution in [0.25, 0.3) is 0 Å². The normalized spacial score (nSPS) is 25.7. The number of amides is 1. The van der Waals surface area contributed by atoms with Crippen molar-refractivity contribution in [3.8, 4) is 0 Å². The van der Waals surface area contributed by atoms with Gasteiger partial charge in [0.25, 0.3) is 0 Å².